The number of carbonyl (C=O) groups is 1. The molecule has 1 aromatic carbocycles. The standard InChI is InChI=1S/C12H12F3NO2/c13-7-3-9(14)11(10(15)4-7)12(18)16-5-6-1-8(17)2-6/h3-4,6,8,17H,1-2,5H2,(H,16,18). The van der Waals surface area contributed by atoms with Gasteiger partial charge in [-0.3, -0.25) is 4.79 Å². The number of nitrogens with one attached hydrogen (secondary N) is 1. The average Bonchev–Trinajstić information content (AvgIpc) is 2.21. The Bertz CT molecular complexity index is 449. The SMILES string of the molecule is O=C(NCC1CC(O)C1)c1c(F)cc(F)cc1F. The first-order valence-corrected chi connectivity index (χ1v) is 5.58. The number of hydrogen-bond donors (Lipinski definition) is 2. The fourth-order valence-corrected chi connectivity index (χ4v) is 1.95. The molecule has 0 aromatic heterocycles. The molecular weight excluding hydrogens is 247 g/mol. The zero-order chi connectivity index (χ0) is 13.3. The van der Waals surface area contributed by atoms with Gasteiger partial charge in [0, 0.05) is 18.7 Å². The Morgan fingerprint density at radius 1 is 1.28 bits per heavy atom. The van der Waals surface area contributed by atoms with E-state index in [2.05, 4.69) is 5.32 Å². The highest BCUT2D eigenvalue weighted by Crippen LogP contribution is 2.26. The number of aliphatic hydroxyl groups excluding tert-OH is 1. The van der Waals surface area contributed by atoms with Crippen LogP contribution in [0, 0.1) is 23.4 Å². The lowest BCUT2D eigenvalue weighted by molar-refractivity contribution is 0.0419. The number of carbonyl (C=O) groups excluding carboxylic acids is 1. The molecule has 2 N–H and O–H groups in total. The minimum atomic E-state index is -1.22. The fraction of sp³-hybridized carbons (Fsp3) is 0.417. The summed E-state index contributed by atoms with van der Waals surface area (Å²) in [4.78, 5) is 11.5. The third-order valence-electron chi connectivity index (χ3n) is 3.00. The second-order valence-corrected chi connectivity index (χ2v) is 4.45. The lowest BCUT2D eigenvalue weighted by atomic mass is 9.82. The van der Waals surface area contributed by atoms with Crippen LogP contribution in [0.15, 0.2) is 12.1 Å². The molecular formula is C12H12F3NO2. The van der Waals surface area contributed by atoms with Crippen molar-refractivity contribution in [1.82, 2.24) is 5.32 Å². The van der Waals surface area contributed by atoms with Gasteiger partial charge in [-0.1, -0.05) is 0 Å². The van der Waals surface area contributed by atoms with E-state index >= 15 is 0 Å². The molecule has 1 amide bonds. The van der Waals surface area contributed by atoms with Crippen molar-refractivity contribution < 1.29 is 23.1 Å². The van der Waals surface area contributed by atoms with E-state index in [1.54, 1.807) is 0 Å². The van der Waals surface area contributed by atoms with Crippen molar-refractivity contribution in [3.05, 3.63) is 35.1 Å². The largest absolute Gasteiger partial charge is 0.393 e. The highest BCUT2D eigenvalue weighted by molar-refractivity contribution is 5.94. The molecule has 0 atom stereocenters. The van der Waals surface area contributed by atoms with Crippen LogP contribution in [-0.2, 0) is 0 Å². The highest BCUT2D eigenvalue weighted by atomic mass is 19.1. The van der Waals surface area contributed by atoms with Gasteiger partial charge in [-0.2, -0.15) is 0 Å². The van der Waals surface area contributed by atoms with E-state index < -0.39 is 28.9 Å². The summed E-state index contributed by atoms with van der Waals surface area (Å²) in [7, 11) is 0. The molecule has 2 rings (SSSR count). The van der Waals surface area contributed by atoms with Crippen LogP contribution in [-0.4, -0.2) is 23.7 Å². The molecule has 6 heteroatoms. The molecule has 0 saturated heterocycles. The van der Waals surface area contributed by atoms with Gasteiger partial charge in [-0.05, 0) is 18.8 Å². The molecule has 1 fully saturated rings. The molecule has 0 bridgehead atoms. The van der Waals surface area contributed by atoms with Gasteiger partial charge < -0.3 is 10.4 Å². The van der Waals surface area contributed by atoms with Crippen LogP contribution in [0.1, 0.15) is 23.2 Å². The summed E-state index contributed by atoms with van der Waals surface area (Å²) >= 11 is 0. The molecule has 0 spiro atoms. The molecule has 1 aliphatic carbocycles. The normalized spacial score (nSPS) is 22.4. The van der Waals surface area contributed by atoms with Crippen LogP contribution < -0.4 is 5.32 Å². The van der Waals surface area contributed by atoms with E-state index in [9.17, 15) is 18.0 Å². The highest BCUT2D eigenvalue weighted by Gasteiger charge is 2.28. The first kappa shape index (κ1) is 12.9. The van der Waals surface area contributed by atoms with Crippen molar-refractivity contribution in [2.24, 2.45) is 5.92 Å². The maximum Gasteiger partial charge on any atom is 0.257 e. The first-order valence-electron chi connectivity index (χ1n) is 5.58. The van der Waals surface area contributed by atoms with Crippen LogP contribution >= 0.6 is 0 Å². The molecule has 0 aliphatic heterocycles. The minimum absolute atomic E-state index is 0.121. The molecule has 0 unspecified atom stereocenters. The summed E-state index contributed by atoms with van der Waals surface area (Å²) < 4.78 is 39.2. The van der Waals surface area contributed by atoms with Gasteiger partial charge in [0.25, 0.3) is 5.91 Å². The molecule has 18 heavy (non-hydrogen) atoms. The Morgan fingerprint density at radius 3 is 2.33 bits per heavy atom. The fourth-order valence-electron chi connectivity index (χ4n) is 1.95. The van der Waals surface area contributed by atoms with E-state index in [0.29, 0.717) is 25.0 Å². The van der Waals surface area contributed by atoms with Gasteiger partial charge in [0.2, 0.25) is 0 Å². The Labute approximate surface area is 102 Å². The minimum Gasteiger partial charge on any atom is -0.393 e. The molecule has 1 aromatic rings. The molecule has 3 nitrogen and oxygen atoms in total. The van der Waals surface area contributed by atoms with Crippen molar-refractivity contribution in [2.45, 2.75) is 18.9 Å². The van der Waals surface area contributed by atoms with Crippen LogP contribution in [0.3, 0.4) is 0 Å². The van der Waals surface area contributed by atoms with E-state index in [1.807, 2.05) is 0 Å². The van der Waals surface area contributed by atoms with Gasteiger partial charge in [0.1, 0.15) is 23.0 Å². The Balaban J connectivity index is 2.00. The predicted molar refractivity (Wildman–Crippen MR) is 57.4 cm³/mol. The molecule has 0 radical (unpaired) electrons. The van der Waals surface area contributed by atoms with Crippen LogP contribution in [0.2, 0.25) is 0 Å². The van der Waals surface area contributed by atoms with Crippen molar-refractivity contribution in [2.75, 3.05) is 6.54 Å². The molecule has 1 aliphatic rings. The lowest BCUT2D eigenvalue weighted by Crippen LogP contribution is -2.38. The maximum absolute atomic E-state index is 13.3. The van der Waals surface area contributed by atoms with Crippen molar-refractivity contribution in [3.8, 4) is 0 Å². The zero-order valence-electron chi connectivity index (χ0n) is 9.42. The Hall–Kier alpha value is -1.56. The monoisotopic (exact) mass is 259 g/mol. The quantitative estimate of drug-likeness (QED) is 0.866. The van der Waals surface area contributed by atoms with Crippen LogP contribution in [0.4, 0.5) is 13.2 Å². The van der Waals surface area contributed by atoms with Gasteiger partial charge in [0.05, 0.1) is 6.10 Å². The van der Waals surface area contributed by atoms with E-state index in [0.717, 1.165) is 0 Å². The number of rotatable bonds is 3. The lowest BCUT2D eigenvalue weighted by Gasteiger charge is -2.31. The number of amides is 1. The summed E-state index contributed by atoms with van der Waals surface area (Å²) in [6.45, 7) is 0.242. The molecule has 98 valence electrons. The third kappa shape index (κ3) is 2.64. The summed E-state index contributed by atoms with van der Waals surface area (Å²) in [5.41, 5.74) is -0.781. The topological polar surface area (TPSA) is 49.3 Å². The molecule has 1 saturated carbocycles. The number of aliphatic hydroxyl groups is 1. The average molecular weight is 259 g/mol. The van der Waals surface area contributed by atoms with Gasteiger partial charge in [-0.25, -0.2) is 13.2 Å². The van der Waals surface area contributed by atoms with Crippen LogP contribution in [0.25, 0.3) is 0 Å². The number of halogens is 3. The van der Waals surface area contributed by atoms with Gasteiger partial charge in [0.15, 0.2) is 0 Å². The summed E-state index contributed by atoms with van der Waals surface area (Å²) in [5, 5.41) is 11.4. The van der Waals surface area contributed by atoms with Gasteiger partial charge >= 0.3 is 0 Å². The second kappa shape index (κ2) is 4.97. The van der Waals surface area contributed by atoms with E-state index in [4.69, 9.17) is 5.11 Å². The van der Waals surface area contributed by atoms with E-state index in [-0.39, 0.29) is 18.6 Å². The van der Waals surface area contributed by atoms with Crippen molar-refractivity contribution >= 4 is 5.91 Å². The van der Waals surface area contributed by atoms with E-state index in [1.165, 1.54) is 0 Å². The summed E-state index contributed by atoms with van der Waals surface area (Å²) in [5.74, 6) is -4.30. The number of hydrogen-bond acceptors (Lipinski definition) is 2. The Kier molecular flexibility index (Phi) is 3.56. The van der Waals surface area contributed by atoms with Crippen molar-refractivity contribution in [3.63, 3.8) is 0 Å². The van der Waals surface area contributed by atoms with Crippen LogP contribution in [0.5, 0.6) is 0 Å². The third-order valence-corrected chi connectivity index (χ3v) is 3.00. The smallest absolute Gasteiger partial charge is 0.257 e. The predicted octanol–water partition coefficient (Wildman–Crippen LogP) is 1.60. The van der Waals surface area contributed by atoms with Gasteiger partial charge in [-0.15, -0.1) is 0 Å². The number of benzene rings is 1. The molecule has 0 heterocycles. The first-order chi connectivity index (χ1) is 8.47. The summed E-state index contributed by atoms with van der Waals surface area (Å²) in [6.07, 6.45) is 0.773. The maximum atomic E-state index is 13.3. The summed E-state index contributed by atoms with van der Waals surface area (Å²) in [6, 6.07) is 0.927. The van der Waals surface area contributed by atoms with Crippen molar-refractivity contribution in [1.29, 1.82) is 0 Å². The Morgan fingerprint density at radius 2 is 1.83 bits per heavy atom. The second-order valence-electron chi connectivity index (χ2n) is 4.45. The zero-order valence-corrected chi connectivity index (χ0v) is 9.42.